The van der Waals surface area contributed by atoms with Gasteiger partial charge >= 0.3 is 0 Å². The first-order valence-electron chi connectivity index (χ1n) is 4.31. The lowest BCUT2D eigenvalue weighted by molar-refractivity contribution is -0.118. The van der Waals surface area contributed by atoms with Crippen molar-refractivity contribution in [2.24, 2.45) is 5.73 Å². The van der Waals surface area contributed by atoms with Crippen molar-refractivity contribution in [3.8, 4) is 11.5 Å². The molecule has 0 spiro atoms. The van der Waals surface area contributed by atoms with Crippen molar-refractivity contribution in [3.05, 3.63) is 23.8 Å². The predicted octanol–water partition coefficient (Wildman–Crippen LogP) is 1.08. The highest BCUT2D eigenvalue weighted by Gasteiger charge is 2.12. The molecule has 76 valence electrons. The fraction of sp³-hybridized carbons (Fsp3) is 0.300. The van der Waals surface area contributed by atoms with E-state index in [1.54, 1.807) is 13.0 Å². The number of phenolic OH excluding ortho intramolecular Hbond substituents is 2. The fourth-order valence-corrected chi connectivity index (χ4v) is 1.36. The van der Waals surface area contributed by atoms with E-state index in [0.29, 0.717) is 5.56 Å². The quantitative estimate of drug-likeness (QED) is 0.674. The van der Waals surface area contributed by atoms with Gasteiger partial charge in [0.05, 0.1) is 0 Å². The Bertz CT molecular complexity index is 349. The molecular weight excluding hydrogens is 182 g/mol. The van der Waals surface area contributed by atoms with Gasteiger partial charge in [-0.2, -0.15) is 0 Å². The van der Waals surface area contributed by atoms with Gasteiger partial charge in [-0.1, -0.05) is 13.0 Å². The summed E-state index contributed by atoms with van der Waals surface area (Å²) < 4.78 is 0. The van der Waals surface area contributed by atoms with Crippen molar-refractivity contribution >= 4 is 5.91 Å². The summed E-state index contributed by atoms with van der Waals surface area (Å²) in [4.78, 5) is 10.7. The normalized spacial score (nSPS) is 12.4. The molecule has 0 aromatic heterocycles. The van der Waals surface area contributed by atoms with Gasteiger partial charge in [-0.15, -0.1) is 0 Å². The summed E-state index contributed by atoms with van der Waals surface area (Å²) in [5, 5.41) is 18.5. The van der Waals surface area contributed by atoms with Gasteiger partial charge in [0.15, 0.2) is 0 Å². The second-order valence-corrected chi connectivity index (χ2v) is 3.31. The molecule has 0 bridgehead atoms. The summed E-state index contributed by atoms with van der Waals surface area (Å²) in [6, 6.07) is 4.29. The van der Waals surface area contributed by atoms with Crippen molar-refractivity contribution in [2.75, 3.05) is 0 Å². The highest BCUT2D eigenvalue weighted by atomic mass is 16.3. The monoisotopic (exact) mass is 195 g/mol. The van der Waals surface area contributed by atoms with Crippen molar-refractivity contribution in [1.82, 2.24) is 0 Å². The smallest absolute Gasteiger partial charge is 0.218 e. The molecule has 0 heterocycles. The molecule has 1 rings (SSSR count). The number of hydrogen-bond donors (Lipinski definition) is 3. The fourth-order valence-electron chi connectivity index (χ4n) is 1.36. The number of nitrogens with two attached hydrogens (primary N) is 1. The first kappa shape index (κ1) is 10.4. The number of phenols is 2. The van der Waals surface area contributed by atoms with Gasteiger partial charge in [-0.25, -0.2) is 0 Å². The topological polar surface area (TPSA) is 83.6 Å². The average Bonchev–Trinajstić information content (AvgIpc) is 2.01. The molecule has 0 aliphatic carbocycles. The van der Waals surface area contributed by atoms with Crippen LogP contribution < -0.4 is 5.73 Å². The lowest BCUT2D eigenvalue weighted by Gasteiger charge is -2.11. The summed E-state index contributed by atoms with van der Waals surface area (Å²) in [7, 11) is 0. The molecule has 1 unspecified atom stereocenters. The number of carbonyl (C=O) groups is 1. The Morgan fingerprint density at radius 2 is 2.14 bits per heavy atom. The number of primary amides is 1. The van der Waals surface area contributed by atoms with Crippen molar-refractivity contribution < 1.29 is 15.0 Å². The zero-order valence-corrected chi connectivity index (χ0v) is 7.90. The average molecular weight is 195 g/mol. The highest BCUT2D eigenvalue weighted by Crippen LogP contribution is 2.30. The summed E-state index contributed by atoms with van der Waals surface area (Å²) in [6.07, 6.45) is 0.179. The third kappa shape index (κ3) is 2.39. The molecule has 1 amide bonds. The molecule has 4 nitrogen and oxygen atoms in total. The number of carbonyl (C=O) groups excluding carboxylic acids is 1. The van der Waals surface area contributed by atoms with Crippen LogP contribution in [0, 0.1) is 0 Å². The maximum absolute atomic E-state index is 10.7. The highest BCUT2D eigenvalue weighted by molar-refractivity contribution is 5.74. The lowest BCUT2D eigenvalue weighted by Crippen LogP contribution is -2.13. The van der Waals surface area contributed by atoms with E-state index in [9.17, 15) is 9.90 Å². The van der Waals surface area contributed by atoms with Crippen LogP contribution in [-0.2, 0) is 4.79 Å². The molecule has 1 aromatic rings. The maximum atomic E-state index is 10.7. The number of aromatic hydroxyl groups is 2. The van der Waals surface area contributed by atoms with Gasteiger partial charge < -0.3 is 15.9 Å². The van der Waals surface area contributed by atoms with E-state index in [4.69, 9.17) is 10.8 Å². The SMILES string of the molecule is CC(CC(N)=O)c1ccc(O)cc1O. The van der Waals surface area contributed by atoms with E-state index >= 15 is 0 Å². The van der Waals surface area contributed by atoms with Gasteiger partial charge in [0.2, 0.25) is 5.91 Å². The van der Waals surface area contributed by atoms with Gasteiger partial charge in [-0.3, -0.25) is 4.79 Å². The minimum atomic E-state index is -0.412. The van der Waals surface area contributed by atoms with E-state index < -0.39 is 5.91 Å². The zero-order chi connectivity index (χ0) is 10.7. The number of benzene rings is 1. The van der Waals surface area contributed by atoms with Crippen LogP contribution in [0.1, 0.15) is 24.8 Å². The first-order chi connectivity index (χ1) is 6.50. The molecule has 1 atom stereocenters. The first-order valence-corrected chi connectivity index (χ1v) is 4.31. The summed E-state index contributed by atoms with van der Waals surface area (Å²) in [6.45, 7) is 1.79. The third-order valence-electron chi connectivity index (χ3n) is 2.05. The predicted molar refractivity (Wildman–Crippen MR) is 52.0 cm³/mol. The van der Waals surface area contributed by atoms with Crippen LogP contribution in [0.3, 0.4) is 0 Å². The zero-order valence-electron chi connectivity index (χ0n) is 7.90. The van der Waals surface area contributed by atoms with E-state index in [2.05, 4.69) is 0 Å². The Labute approximate surface area is 82.0 Å². The Kier molecular flexibility index (Phi) is 2.96. The molecule has 0 aliphatic rings. The second kappa shape index (κ2) is 4.00. The van der Waals surface area contributed by atoms with E-state index in [0.717, 1.165) is 0 Å². The third-order valence-corrected chi connectivity index (χ3v) is 2.05. The number of hydrogen-bond acceptors (Lipinski definition) is 3. The summed E-state index contributed by atoms with van der Waals surface area (Å²) in [5.41, 5.74) is 5.65. The van der Waals surface area contributed by atoms with Gasteiger partial charge in [0.25, 0.3) is 0 Å². The van der Waals surface area contributed by atoms with Gasteiger partial charge in [0, 0.05) is 12.5 Å². The number of rotatable bonds is 3. The standard InChI is InChI=1S/C10H13NO3/c1-6(4-10(11)14)8-3-2-7(12)5-9(8)13/h2-3,5-6,12-13H,4H2,1H3,(H2,11,14). The van der Waals surface area contributed by atoms with Crippen molar-refractivity contribution in [3.63, 3.8) is 0 Å². The minimum Gasteiger partial charge on any atom is -0.508 e. The number of amides is 1. The van der Waals surface area contributed by atoms with Gasteiger partial charge in [-0.05, 0) is 17.5 Å². The van der Waals surface area contributed by atoms with E-state index in [1.165, 1.54) is 12.1 Å². The minimum absolute atomic E-state index is 0.00229. The van der Waals surface area contributed by atoms with Crippen LogP contribution in [0.2, 0.25) is 0 Å². The molecule has 0 radical (unpaired) electrons. The van der Waals surface area contributed by atoms with Crippen LogP contribution in [0.5, 0.6) is 11.5 Å². The molecule has 0 fully saturated rings. The molecule has 14 heavy (non-hydrogen) atoms. The Hall–Kier alpha value is -1.71. The molecule has 4 N–H and O–H groups in total. The van der Waals surface area contributed by atoms with Crippen LogP contribution in [0.25, 0.3) is 0 Å². The lowest BCUT2D eigenvalue weighted by atomic mass is 9.96. The molecule has 0 aliphatic heterocycles. The largest absolute Gasteiger partial charge is 0.508 e. The maximum Gasteiger partial charge on any atom is 0.218 e. The second-order valence-electron chi connectivity index (χ2n) is 3.31. The molecule has 1 aromatic carbocycles. The molecule has 4 heteroatoms. The van der Waals surface area contributed by atoms with Crippen LogP contribution >= 0.6 is 0 Å². The van der Waals surface area contributed by atoms with Crippen LogP contribution in [-0.4, -0.2) is 16.1 Å². The summed E-state index contributed by atoms with van der Waals surface area (Å²) >= 11 is 0. The Morgan fingerprint density at radius 1 is 1.50 bits per heavy atom. The Balaban J connectivity index is 2.90. The van der Waals surface area contributed by atoms with Crippen molar-refractivity contribution in [2.45, 2.75) is 19.3 Å². The van der Waals surface area contributed by atoms with E-state index in [-0.39, 0.29) is 23.8 Å². The Morgan fingerprint density at radius 3 is 2.64 bits per heavy atom. The molecule has 0 saturated heterocycles. The molecule has 0 saturated carbocycles. The van der Waals surface area contributed by atoms with Gasteiger partial charge in [0.1, 0.15) is 11.5 Å². The van der Waals surface area contributed by atoms with E-state index in [1.807, 2.05) is 0 Å². The van der Waals surface area contributed by atoms with Crippen LogP contribution in [0.15, 0.2) is 18.2 Å². The van der Waals surface area contributed by atoms with Crippen molar-refractivity contribution in [1.29, 1.82) is 0 Å². The van der Waals surface area contributed by atoms with Crippen LogP contribution in [0.4, 0.5) is 0 Å². The summed E-state index contributed by atoms with van der Waals surface area (Å²) in [5.74, 6) is -0.575. The molecular formula is C10H13NO3.